The van der Waals surface area contributed by atoms with E-state index in [1.165, 1.54) is 16.9 Å². The topological polar surface area (TPSA) is 42.0 Å². The largest absolute Gasteiger partial charge is 0.416 e. The first-order valence-electron chi connectivity index (χ1n) is 7.90. The second kappa shape index (κ2) is 7.29. The van der Waals surface area contributed by atoms with Crippen LogP contribution in [-0.4, -0.2) is 10.9 Å². The van der Waals surface area contributed by atoms with Crippen molar-refractivity contribution in [2.75, 3.05) is 5.32 Å². The number of benzene rings is 2. The second-order valence-corrected chi connectivity index (χ2v) is 6.48. The Kier molecular flexibility index (Phi) is 5.08. The zero-order valence-corrected chi connectivity index (χ0v) is 14.6. The Morgan fingerprint density at radius 1 is 1.08 bits per heavy atom. The van der Waals surface area contributed by atoms with Crippen LogP contribution in [-0.2, 0) is 12.6 Å². The SMILES string of the molecule is CCc1ccc(-c2csc(NC(=O)c3ccc(C(F)(F)F)cc3)n2)cc1. The van der Waals surface area contributed by atoms with Crippen molar-refractivity contribution in [2.24, 2.45) is 0 Å². The normalized spacial score (nSPS) is 11.4. The highest BCUT2D eigenvalue weighted by atomic mass is 32.1. The summed E-state index contributed by atoms with van der Waals surface area (Å²) < 4.78 is 37.7. The third kappa shape index (κ3) is 4.11. The Bertz CT molecular complexity index is 900. The van der Waals surface area contributed by atoms with Crippen LogP contribution in [0.2, 0.25) is 0 Å². The molecule has 0 aliphatic heterocycles. The summed E-state index contributed by atoms with van der Waals surface area (Å²) in [6, 6.07) is 12.1. The van der Waals surface area contributed by atoms with Gasteiger partial charge in [-0.25, -0.2) is 4.98 Å². The lowest BCUT2D eigenvalue weighted by Crippen LogP contribution is -2.12. The molecule has 0 bridgehead atoms. The van der Waals surface area contributed by atoms with E-state index in [9.17, 15) is 18.0 Å². The number of carbonyl (C=O) groups is 1. The fourth-order valence-electron chi connectivity index (χ4n) is 2.35. The number of rotatable bonds is 4. The zero-order valence-electron chi connectivity index (χ0n) is 13.8. The lowest BCUT2D eigenvalue weighted by molar-refractivity contribution is -0.137. The standard InChI is InChI=1S/C19H15F3N2OS/c1-2-12-3-5-13(6-4-12)16-11-26-18(23-16)24-17(25)14-7-9-15(10-8-14)19(20,21)22/h3-11H,2H2,1H3,(H,23,24,25). The predicted octanol–water partition coefficient (Wildman–Crippen LogP) is 5.64. The van der Waals surface area contributed by atoms with Gasteiger partial charge in [0.25, 0.3) is 5.91 Å². The van der Waals surface area contributed by atoms with E-state index in [2.05, 4.69) is 17.2 Å². The Balaban J connectivity index is 1.71. The Hall–Kier alpha value is -2.67. The fourth-order valence-corrected chi connectivity index (χ4v) is 3.07. The highest BCUT2D eigenvalue weighted by Gasteiger charge is 2.30. The van der Waals surface area contributed by atoms with Crippen molar-refractivity contribution < 1.29 is 18.0 Å². The number of carbonyl (C=O) groups excluding carboxylic acids is 1. The van der Waals surface area contributed by atoms with E-state index in [-0.39, 0.29) is 5.56 Å². The van der Waals surface area contributed by atoms with Gasteiger partial charge in [-0.3, -0.25) is 10.1 Å². The molecule has 3 rings (SSSR count). The molecule has 0 aliphatic carbocycles. The molecule has 0 fully saturated rings. The predicted molar refractivity (Wildman–Crippen MR) is 96.3 cm³/mol. The molecule has 2 aromatic carbocycles. The van der Waals surface area contributed by atoms with Gasteiger partial charge in [-0.2, -0.15) is 13.2 Å². The molecule has 0 spiro atoms. The minimum atomic E-state index is -4.42. The average Bonchev–Trinajstić information content (AvgIpc) is 3.09. The van der Waals surface area contributed by atoms with E-state index in [1.807, 2.05) is 29.6 Å². The molecule has 7 heteroatoms. The Morgan fingerprint density at radius 3 is 2.31 bits per heavy atom. The summed E-state index contributed by atoms with van der Waals surface area (Å²) in [4.78, 5) is 16.5. The summed E-state index contributed by atoms with van der Waals surface area (Å²) in [5.41, 5.74) is 2.25. The van der Waals surface area contributed by atoms with Gasteiger partial charge in [-0.15, -0.1) is 11.3 Å². The van der Waals surface area contributed by atoms with Crippen LogP contribution in [0.3, 0.4) is 0 Å². The molecule has 0 aliphatic rings. The molecular weight excluding hydrogens is 361 g/mol. The lowest BCUT2D eigenvalue weighted by Gasteiger charge is -2.07. The highest BCUT2D eigenvalue weighted by molar-refractivity contribution is 7.14. The molecule has 3 aromatic rings. The fraction of sp³-hybridized carbons (Fsp3) is 0.158. The van der Waals surface area contributed by atoms with Crippen molar-refractivity contribution in [3.8, 4) is 11.3 Å². The van der Waals surface area contributed by atoms with Crippen molar-refractivity contribution in [1.82, 2.24) is 4.98 Å². The molecule has 1 heterocycles. The first-order valence-corrected chi connectivity index (χ1v) is 8.78. The quantitative estimate of drug-likeness (QED) is 0.640. The van der Waals surface area contributed by atoms with E-state index in [0.717, 1.165) is 41.9 Å². The van der Waals surface area contributed by atoms with Crippen LogP contribution in [0.25, 0.3) is 11.3 Å². The molecular formula is C19H15F3N2OS. The van der Waals surface area contributed by atoms with E-state index in [0.29, 0.717) is 5.13 Å². The first-order chi connectivity index (χ1) is 12.4. The molecule has 26 heavy (non-hydrogen) atoms. The number of halogens is 3. The molecule has 1 amide bonds. The average molecular weight is 376 g/mol. The van der Waals surface area contributed by atoms with Crippen LogP contribution < -0.4 is 5.32 Å². The minimum Gasteiger partial charge on any atom is -0.298 e. The van der Waals surface area contributed by atoms with Crippen molar-refractivity contribution >= 4 is 22.4 Å². The third-order valence-electron chi connectivity index (χ3n) is 3.86. The Morgan fingerprint density at radius 2 is 1.73 bits per heavy atom. The van der Waals surface area contributed by atoms with E-state index < -0.39 is 17.6 Å². The first kappa shape index (κ1) is 18.1. The summed E-state index contributed by atoms with van der Waals surface area (Å²) in [6.45, 7) is 2.08. The number of hydrogen-bond acceptors (Lipinski definition) is 3. The van der Waals surface area contributed by atoms with Gasteiger partial charge >= 0.3 is 6.18 Å². The van der Waals surface area contributed by atoms with Gasteiger partial charge < -0.3 is 0 Å². The van der Waals surface area contributed by atoms with E-state index in [1.54, 1.807) is 0 Å². The number of aromatic nitrogens is 1. The number of anilines is 1. The number of thiazole rings is 1. The smallest absolute Gasteiger partial charge is 0.298 e. The van der Waals surface area contributed by atoms with Crippen molar-refractivity contribution in [2.45, 2.75) is 19.5 Å². The molecule has 3 nitrogen and oxygen atoms in total. The summed E-state index contributed by atoms with van der Waals surface area (Å²) in [7, 11) is 0. The summed E-state index contributed by atoms with van der Waals surface area (Å²) in [6.07, 6.45) is -3.47. The van der Waals surface area contributed by atoms with Gasteiger partial charge in [0.1, 0.15) is 0 Å². The molecule has 0 unspecified atom stereocenters. The summed E-state index contributed by atoms with van der Waals surface area (Å²) in [5, 5.41) is 4.83. The number of aryl methyl sites for hydroxylation is 1. The third-order valence-corrected chi connectivity index (χ3v) is 4.61. The number of nitrogens with one attached hydrogen (secondary N) is 1. The van der Waals surface area contributed by atoms with Crippen molar-refractivity contribution in [3.05, 3.63) is 70.6 Å². The van der Waals surface area contributed by atoms with Gasteiger partial charge in [0.2, 0.25) is 0 Å². The van der Waals surface area contributed by atoms with Crippen LogP contribution in [0.5, 0.6) is 0 Å². The van der Waals surface area contributed by atoms with E-state index >= 15 is 0 Å². The second-order valence-electron chi connectivity index (χ2n) is 5.62. The summed E-state index contributed by atoms with van der Waals surface area (Å²) >= 11 is 1.26. The monoisotopic (exact) mass is 376 g/mol. The zero-order chi connectivity index (χ0) is 18.7. The van der Waals surface area contributed by atoms with E-state index in [4.69, 9.17) is 0 Å². The maximum Gasteiger partial charge on any atom is 0.416 e. The minimum absolute atomic E-state index is 0.141. The van der Waals surface area contributed by atoms with Crippen LogP contribution >= 0.6 is 11.3 Å². The molecule has 0 atom stereocenters. The van der Waals surface area contributed by atoms with Crippen LogP contribution in [0.15, 0.2) is 53.9 Å². The number of alkyl halides is 3. The molecule has 0 saturated carbocycles. The number of hydrogen-bond donors (Lipinski definition) is 1. The van der Waals surface area contributed by atoms with Gasteiger partial charge in [-0.1, -0.05) is 31.2 Å². The number of nitrogens with zero attached hydrogens (tertiary/aromatic N) is 1. The maximum atomic E-state index is 12.6. The number of amides is 1. The molecule has 1 N–H and O–H groups in total. The molecule has 1 aromatic heterocycles. The molecule has 0 saturated heterocycles. The van der Waals surface area contributed by atoms with Crippen LogP contribution in [0, 0.1) is 0 Å². The maximum absolute atomic E-state index is 12.6. The highest BCUT2D eigenvalue weighted by Crippen LogP contribution is 2.29. The van der Waals surface area contributed by atoms with Gasteiger partial charge in [0.05, 0.1) is 11.3 Å². The van der Waals surface area contributed by atoms with Gasteiger partial charge in [0.15, 0.2) is 5.13 Å². The lowest BCUT2D eigenvalue weighted by atomic mass is 10.1. The molecule has 134 valence electrons. The van der Waals surface area contributed by atoms with Crippen LogP contribution in [0.4, 0.5) is 18.3 Å². The van der Waals surface area contributed by atoms with Gasteiger partial charge in [0, 0.05) is 16.5 Å². The molecule has 0 radical (unpaired) electrons. The summed E-state index contributed by atoms with van der Waals surface area (Å²) in [5.74, 6) is -0.499. The Labute approximate surface area is 152 Å². The van der Waals surface area contributed by atoms with Gasteiger partial charge in [-0.05, 0) is 36.2 Å². The van der Waals surface area contributed by atoms with Crippen molar-refractivity contribution in [1.29, 1.82) is 0 Å². The van der Waals surface area contributed by atoms with Crippen LogP contribution in [0.1, 0.15) is 28.4 Å². The van der Waals surface area contributed by atoms with Crippen molar-refractivity contribution in [3.63, 3.8) is 0 Å².